The number of nitrogens with one attached hydrogen (secondary N) is 2. The summed E-state index contributed by atoms with van der Waals surface area (Å²) in [6.45, 7) is 1.78. The SMILES string of the molecule is C#CCNC(=O)CN1C(=O)N[C@]2(CCCC[C@H]2C)C1=O. The molecule has 2 aliphatic rings. The van der Waals surface area contributed by atoms with E-state index in [9.17, 15) is 14.4 Å². The summed E-state index contributed by atoms with van der Waals surface area (Å²) in [4.78, 5) is 37.1. The van der Waals surface area contributed by atoms with Crippen LogP contribution in [0.5, 0.6) is 0 Å². The number of rotatable bonds is 3. The summed E-state index contributed by atoms with van der Waals surface area (Å²) in [6, 6.07) is -0.486. The highest BCUT2D eigenvalue weighted by Gasteiger charge is 2.55. The lowest BCUT2D eigenvalue weighted by Crippen LogP contribution is -2.54. The van der Waals surface area contributed by atoms with Crippen molar-refractivity contribution >= 4 is 17.8 Å². The average molecular weight is 277 g/mol. The fraction of sp³-hybridized carbons (Fsp3) is 0.643. The van der Waals surface area contributed by atoms with E-state index in [-0.39, 0.29) is 24.9 Å². The van der Waals surface area contributed by atoms with Gasteiger partial charge >= 0.3 is 6.03 Å². The first-order valence-corrected chi connectivity index (χ1v) is 6.85. The van der Waals surface area contributed by atoms with Crippen molar-refractivity contribution in [3.05, 3.63) is 0 Å². The van der Waals surface area contributed by atoms with Crippen LogP contribution >= 0.6 is 0 Å². The van der Waals surface area contributed by atoms with E-state index in [1.165, 1.54) is 0 Å². The number of hydrogen-bond donors (Lipinski definition) is 2. The molecular formula is C14H19N3O3. The number of nitrogens with zero attached hydrogens (tertiary/aromatic N) is 1. The van der Waals surface area contributed by atoms with E-state index in [0.717, 1.165) is 24.2 Å². The molecule has 1 spiro atoms. The van der Waals surface area contributed by atoms with Crippen molar-refractivity contribution in [1.82, 2.24) is 15.5 Å². The van der Waals surface area contributed by atoms with Gasteiger partial charge in [0, 0.05) is 0 Å². The van der Waals surface area contributed by atoms with Crippen molar-refractivity contribution in [3.8, 4) is 12.3 Å². The molecule has 0 bridgehead atoms. The Morgan fingerprint density at radius 3 is 2.95 bits per heavy atom. The predicted molar refractivity (Wildman–Crippen MR) is 72.5 cm³/mol. The predicted octanol–water partition coefficient (Wildman–Crippen LogP) is 0.236. The van der Waals surface area contributed by atoms with Crippen molar-refractivity contribution in [2.45, 2.75) is 38.1 Å². The minimum atomic E-state index is -0.818. The summed E-state index contributed by atoms with van der Waals surface area (Å²) in [7, 11) is 0. The highest BCUT2D eigenvalue weighted by molar-refractivity contribution is 6.09. The van der Waals surface area contributed by atoms with Crippen LogP contribution in [0.2, 0.25) is 0 Å². The third-order valence-corrected chi connectivity index (χ3v) is 4.19. The van der Waals surface area contributed by atoms with Crippen LogP contribution in [0, 0.1) is 18.3 Å². The maximum absolute atomic E-state index is 12.5. The lowest BCUT2D eigenvalue weighted by Gasteiger charge is -2.36. The quantitative estimate of drug-likeness (QED) is 0.573. The second-order valence-corrected chi connectivity index (χ2v) is 5.42. The summed E-state index contributed by atoms with van der Waals surface area (Å²) >= 11 is 0. The molecule has 108 valence electrons. The van der Waals surface area contributed by atoms with Crippen molar-refractivity contribution in [1.29, 1.82) is 0 Å². The van der Waals surface area contributed by atoms with E-state index in [4.69, 9.17) is 6.42 Å². The van der Waals surface area contributed by atoms with E-state index in [1.807, 2.05) is 6.92 Å². The van der Waals surface area contributed by atoms with Crippen molar-refractivity contribution < 1.29 is 14.4 Å². The fourth-order valence-corrected chi connectivity index (χ4v) is 2.99. The zero-order valence-corrected chi connectivity index (χ0v) is 11.6. The van der Waals surface area contributed by atoms with Gasteiger partial charge in [-0.2, -0.15) is 0 Å². The molecule has 6 heteroatoms. The Kier molecular flexibility index (Phi) is 3.98. The third-order valence-electron chi connectivity index (χ3n) is 4.19. The van der Waals surface area contributed by atoms with Crippen molar-refractivity contribution in [2.24, 2.45) is 5.92 Å². The molecule has 2 rings (SSSR count). The summed E-state index contributed by atoms with van der Waals surface area (Å²) in [5.74, 6) is 1.65. The Balaban J connectivity index is 2.09. The van der Waals surface area contributed by atoms with Crippen LogP contribution in [0.1, 0.15) is 32.6 Å². The third kappa shape index (κ3) is 2.36. The number of amides is 4. The lowest BCUT2D eigenvalue weighted by molar-refractivity contribution is -0.137. The summed E-state index contributed by atoms with van der Waals surface area (Å²) in [5.41, 5.74) is -0.818. The number of hydrogen-bond acceptors (Lipinski definition) is 3. The van der Waals surface area contributed by atoms with Gasteiger partial charge < -0.3 is 10.6 Å². The number of terminal acetylenes is 1. The average Bonchev–Trinajstić information content (AvgIpc) is 2.65. The Labute approximate surface area is 118 Å². The van der Waals surface area contributed by atoms with Gasteiger partial charge in [-0.3, -0.25) is 14.5 Å². The largest absolute Gasteiger partial charge is 0.344 e. The zero-order chi connectivity index (χ0) is 14.8. The van der Waals surface area contributed by atoms with Gasteiger partial charge in [-0.15, -0.1) is 6.42 Å². The van der Waals surface area contributed by atoms with Crippen molar-refractivity contribution in [2.75, 3.05) is 13.1 Å². The summed E-state index contributed by atoms with van der Waals surface area (Å²) in [6.07, 6.45) is 8.57. The zero-order valence-electron chi connectivity index (χ0n) is 11.6. The topological polar surface area (TPSA) is 78.5 Å². The number of urea groups is 1. The molecule has 4 amide bonds. The molecule has 2 N–H and O–H groups in total. The molecule has 1 saturated heterocycles. The van der Waals surface area contributed by atoms with Crippen LogP contribution in [0.3, 0.4) is 0 Å². The number of carbonyl (C=O) groups is 3. The standard InChI is InChI=1S/C14H19N3O3/c1-3-8-15-11(18)9-17-12(19)14(16-13(17)20)7-5-4-6-10(14)2/h1,10H,4-9H2,2H3,(H,15,18)(H,16,20)/t10-,14+/m1/s1. The molecule has 0 aromatic carbocycles. The van der Waals surface area contributed by atoms with Crippen LogP contribution < -0.4 is 10.6 Å². The summed E-state index contributed by atoms with van der Waals surface area (Å²) < 4.78 is 0. The molecular weight excluding hydrogens is 258 g/mol. The normalized spacial score (nSPS) is 29.2. The minimum absolute atomic E-state index is 0.0873. The first-order chi connectivity index (χ1) is 9.51. The van der Waals surface area contributed by atoms with E-state index in [2.05, 4.69) is 16.6 Å². The number of carbonyl (C=O) groups excluding carboxylic acids is 3. The maximum Gasteiger partial charge on any atom is 0.325 e. The van der Waals surface area contributed by atoms with Gasteiger partial charge in [0.2, 0.25) is 5.91 Å². The second kappa shape index (κ2) is 5.53. The number of imide groups is 1. The Bertz CT molecular complexity index is 483. The Morgan fingerprint density at radius 2 is 2.30 bits per heavy atom. The first kappa shape index (κ1) is 14.4. The van der Waals surface area contributed by atoms with Gasteiger partial charge in [-0.05, 0) is 18.8 Å². The van der Waals surface area contributed by atoms with E-state index in [0.29, 0.717) is 6.42 Å². The van der Waals surface area contributed by atoms with Crippen LogP contribution in [-0.4, -0.2) is 41.4 Å². The van der Waals surface area contributed by atoms with Gasteiger partial charge in [0.1, 0.15) is 12.1 Å². The van der Waals surface area contributed by atoms with Crippen LogP contribution in [0.4, 0.5) is 4.79 Å². The van der Waals surface area contributed by atoms with E-state index in [1.54, 1.807) is 0 Å². The van der Waals surface area contributed by atoms with E-state index >= 15 is 0 Å². The molecule has 2 fully saturated rings. The minimum Gasteiger partial charge on any atom is -0.344 e. The Morgan fingerprint density at radius 1 is 1.55 bits per heavy atom. The summed E-state index contributed by atoms with van der Waals surface area (Å²) in [5, 5.41) is 5.25. The molecule has 0 aromatic heterocycles. The van der Waals surface area contributed by atoms with Gasteiger partial charge in [-0.25, -0.2) is 4.79 Å². The van der Waals surface area contributed by atoms with Crippen LogP contribution in [0.25, 0.3) is 0 Å². The van der Waals surface area contributed by atoms with Crippen LogP contribution in [-0.2, 0) is 9.59 Å². The van der Waals surface area contributed by atoms with Crippen LogP contribution in [0.15, 0.2) is 0 Å². The second-order valence-electron chi connectivity index (χ2n) is 5.42. The fourth-order valence-electron chi connectivity index (χ4n) is 2.99. The monoisotopic (exact) mass is 277 g/mol. The van der Waals surface area contributed by atoms with Gasteiger partial charge in [0.15, 0.2) is 0 Å². The molecule has 2 atom stereocenters. The Hall–Kier alpha value is -2.03. The first-order valence-electron chi connectivity index (χ1n) is 6.85. The van der Waals surface area contributed by atoms with Gasteiger partial charge in [0.05, 0.1) is 6.54 Å². The van der Waals surface area contributed by atoms with Gasteiger partial charge in [0.25, 0.3) is 5.91 Å². The molecule has 6 nitrogen and oxygen atoms in total. The molecule has 0 aromatic rings. The van der Waals surface area contributed by atoms with Gasteiger partial charge in [-0.1, -0.05) is 25.7 Å². The van der Waals surface area contributed by atoms with Crippen molar-refractivity contribution in [3.63, 3.8) is 0 Å². The smallest absolute Gasteiger partial charge is 0.325 e. The molecule has 1 heterocycles. The molecule has 1 aliphatic carbocycles. The lowest BCUT2D eigenvalue weighted by atomic mass is 9.73. The molecule has 1 saturated carbocycles. The van der Waals surface area contributed by atoms with E-state index < -0.39 is 17.5 Å². The molecule has 1 aliphatic heterocycles. The molecule has 0 radical (unpaired) electrons. The molecule has 0 unspecified atom stereocenters. The maximum atomic E-state index is 12.5. The molecule has 20 heavy (non-hydrogen) atoms. The highest BCUT2D eigenvalue weighted by atomic mass is 16.2. The highest BCUT2D eigenvalue weighted by Crippen LogP contribution is 2.37.